The summed E-state index contributed by atoms with van der Waals surface area (Å²) in [6.45, 7) is 8.00. The second-order valence-corrected chi connectivity index (χ2v) is 0.874. The fourth-order valence-corrected chi connectivity index (χ4v) is 0. The van der Waals surface area contributed by atoms with Gasteiger partial charge in [-0.05, 0) is 12.2 Å². The number of carbonyl (C=O) groups is 1. The monoisotopic (exact) mass is 134 g/mol. The van der Waals surface area contributed by atoms with Crippen molar-refractivity contribution in [3.8, 4) is 0 Å². The second-order valence-electron chi connectivity index (χ2n) is 0.402. The summed E-state index contributed by atoms with van der Waals surface area (Å²) in [5, 5.41) is 0.000000000000000222. The van der Waals surface area contributed by atoms with Gasteiger partial charge in [-0.15, -0.1) is 13.2 Å². The van der Waals surface area contributed by atoms with Crippen LogP contribution in [0, 0.1) is 0 Å². The van der Waals surface area contributed by atoms with E-state index < -0.39 is 0 Å². The van der Waals surface area contributed by atoms with Gasteiger partial charge in [-0.25, -0.2) is 0 Å². The van der Waals surface area contributed by atoms with E-state index in [9.17, 15) is 0 Å². The lowest BCUT2D eigenvalue weighted by molar-refractivity contribution is -0.0979. The van der Waals surface area contributed by atoms with Crippen molar-refractivity contribution >= 4 is 24.1 Å². The molecule has 0 aliphatic carbocycles. The molecule has 0 aromatic rings. The van der Waals surface area contributed by atoms with Gasteiger partial charge in [0.15, 0.2) is 5.11 Å². The molecule has 0 radical (unpaired) electrons. The van der Waals surface area contributed by atoms with E-state index >= 15 is 0 Å². The van der Waals surface area contributed by atoms with Crippen LogP contribution in [0.2, 0.25) is 0 Å². The summed E-state index contributed by atoms with van der Waals surface area (Å²) in [5.41, 5.74) is 9.24. The number of thiocarbonyl (C=S) groups is 1. The van der Waals surface area contributed by atoms with Gasteiger partial charge in [0, 0.05) is 0 Å². The van der Waals surface area contributed by atoms with Crippen molar-refractivity contribution in [2.75, 3.05) is 0 Å². The molecule has 8 heavy (non-hydrogen) atoms. The highest BCUT2D eigenvalue weighted by Gasteiger charge is 1.53. The lowest BCUT2D eigenvalue weighted by Gasteiger charge is -1.68. The summed E-state index contributed by atoms with van der Waals surface area (Å²) in [7, 11) is 0. The van der Waals surface area contributed by atoms with Gasteiger partial charge >= 0.3 is 0 Å². The Labute approximate surface area is 54.4 Å². The SMILES string of the molecule is C=C.C=O.NC(N)=S. The van der Waals surface area contributed by atoms with E-state index in [4.69, 9.17) is 4.79 Å². The molecule has 48 valence electrons. The summed E-state index contributed by atoms with van der Waals surface area (Å²) in [5.74, 6) is 0. The van der Waals surface area contributed by atoms with E-state index in [0.29, 0.717) is 0 Å². The minimum absolute atomic E-state index is 0.000000000000000222. The van der Waals surface area contributed by atoms with Gasteiger partial charge in [0.05, 0.1) is 0 Å². The molecule has 0 saturated carbocycles. The molecule has 0 bridgehead atoms. The Morgan fingerprint density at radius 2 is 1.25 bits per heavy atom. The van der Waals surface area contributed by atoms with Crippen molar-refractivity contribution in [2.45, 2.75) is 0 Å². The number of rotatable bonds is 0. The Morgan fingerprint density at radius 3 is 1.25 bits per heavy atom. The maximum atomic E-state index is 8.00. The number of carbonyl (C=O) groups excluding carboxylic acids is 1. The molecule has 0 aliphatic heterocycles. The molecule has 0 heterocycles. The van der Waals surface area contributed by atoms with Crippen LogP contribution < -0.4 is 11.5 Å². The maximum Gasteiger partial charge on any atom is 0.160 e. The quantitative estimate of drug-likeness (QED) is 0.356. The van der Waals surface area contributed by atoms with Crippen LogP contribution in [-0.4, -0.2) is 11.9 Å². The molecule has 0 aromatic heterocycles. The zero-order valence-corrected chi connectivity index (χ0v) is 5.41. The van der Waals surface area contributed by atoms with Gasteiger partial charge in [-0.2, -0.15) is 0 Å². The largest absolute Gasteiger partial charge is 0.377 e. The maximum absolute atomic E-state index is 8.00. The van der Waals surface area contributed by atoms with Crippen molar-refractivity contribution in [3.63, 3.8) is 0 Å². The lowest BCUT2D eigenvalue weighted by atomic mass is 11.3. The standard InChI is InChI=1S/C2H4.CH4N2S.CH2O/c1-2;2-1(3)4;1-2/h1-2H2;(H4,2,3,4);1H2. The van der Waals surface area contributed by atoms with Crippen LogP contribution in [0.5, 0.6) is 0 Å². The van der Waals surface area contributed by atoms with E-state index in [1.165, 1.54) is 0 Å². The van der Waals surface area contributed by atoms with Crippen LogP contribution in [0.1, 0.15) is 0 Å². The predicted octanol–water partition coefficient (Wildman–Crippen LogP) is -0.194. The third-order valence-electron chi connectivity index (χ3n) is 0. The molecular formula is C4H10N2OS. The molecule has 0 saturated heterocycles. The number of nitrogens with two attached hydrogens (primary N) is 2. The molecular weight excluding hydrogens is 124 g/mol. The fourth-order valence-electron chi connectivity index (χ4n) is 0. The summed E-state index contributed by atoms with van der Waals surface area (Å²) in [4.78, 5) is 8.00. The first-order chi connectivity index (χ1) is 3.73. The average Bonchev–Trinajstić information content (AvgIpc) is 1.75. The molecule has 4 heteroatoms. The topological polar surface area (TPSA) is 69.1 Å². The average molecular weight is 134 g/mol. The van der Waals surface area contributed by atoms with Gasteiger partial charge in [-0.1, -0.05) is 0 Å². The van der Waals surface area contributed by atoms with E-state index in [-0.39, 0.29) is 5.11 Å². The third-order valence-corrected chi connectivity index (χ3v) is 0. The molecule has 0 unspecified atom stereocenters. The summed E-state index contributed by atoms with van der Waals surface area (Å²) < 4.78 is 0. The minimum Gasteiger partial charge on any atom is -0.377 e. The van der Waals surface area contributed by atoms with Gasteiger partial charge in [0.1, 0.15) is 6.79 Å². The Bertz CT molecular complexity index is 52.0. The Hall–Kier alpha value is -0.900. The van der Waals surface area contributed by atoms with Crippen LogP contribution in [-0.2, 0) is 4.79 Å². The summed E-state index contributed by atoms with van der Waals surface area (Å²) in [6.07, 6.45) is 0. The molecule has 3 nitrogen and oxygen atoms in total. The van der Waals surface area contributed by atoms with Crippen molar-refractivity contribution in [3.05, 3.63) is 13.2 Å². The predicted molar refractivity (Wildman–Crippen MR) is 39.3 cm³/mol. The lowest BCUT2D eigenvalue weighted by Crippen LogP contribution is -2.18. The van der Waals surface area contributed by atoms with Crippen molar-refractivity contribution in [1.82, 2.24) is 0 Å². The van der Waals surface area contributed by atoms with E-state index in [2.05, 4.69) is 36.8 Å². The van der Waals surface area contributed by atoms with Crippen LogP contribution in [0.25, 0.3) is 0 Å². The zero-order valence-electron chi connectivity index (χ0n) is 4.59. The van der Waals surface area contributed by atoms with Crippen molar-refractivity contribution in [1.29, 1.82) is 0 Å². The second kappa shape index (κ2) is 36.0. The molecule has 0 fully saturated rings. The Kier molecular flexibility index (Phi) is 70.7. The van der Waals surface area contributed by atoms with Crippen molar-refractivity contribution in [2.24, 2.45) is 11.5 Å². The number of hydrogen-bond donors (Lipinski definition) is 2. The van der Waals surface area contributed by atoms with Crippen LogP contribution in [0.4, 0.5) is 0 Å². The molecule has 0 rings (SSSR count). The highest BCUT2D eigenvalue weighted by atomic mass is 32.1. The van der Waals surface area contributed by atoms with Crippen LogP contribution in [0.15, 0.2) is 13.2 Å². The van der Waals surface area contributed by atoms with Crippen molar-refractivity contribution < 1.29 is 4.79 Å². The molecule has 0 spiro atoms. The highest BCUT2D eigenvalue weighted by molar-refractivity contribution is 7.80. The normalized spacial score (nSPS) is 4.00. The van der Waals surface area contributed by atoms with Gasteiger partial charge in [0.25, 0.3) is 0 Å². The van der Waals surface area contributed by atoms with E-state index in [1.54, 1.807) is 0 Å². The zero-order chi connectivity index (χ0) is 7.58. The number of hydrogen-bond acceptors (Lipinski definition) is 2. The van der Waals surface area contributed by atoms with Gasteiger partial charge in [0.2, 0.25) is 0 Å². The molecule has 4 N–H and O–H groups in total. The van der Waals surface area contributed by atoms with E-state index in [1.807, 2.05) is 6.79 Å². The molecule has 0 amide bonds. The molecule has 0 aromatic carbocycles. The summed E-state index contributed by atoms with van der Waals surface area (Å²) >= 11 is 4.09. The van der Waals surface area contributed by atoms with E-state index in [0.717, 1.165) is 0 Å². The third kappa shape index (κ3) is 106. The van der Waals surface area contributed by atoms with Crippen LogP contribution >= 0.6 is 12.2 Å². The highest BCUT2D eigenvalue weighted by Crippen LogP contribution is 1.32. The smallest absolute Gasteiger partial charge is 0.160 e. The fraction of sp³-hybridized carbons (Fsp3) is 0. The summed E-state index contributed by atoms with van der Waals surface area (Å²) in [6, 6.07) is 0. The molecule has 0 atom stereocenters. The van der Waals surface area contributed by atoms with Crippen LogP contribution in [0.3, 0.4) is 0 Å². The molecule has 0 aliphatic rings. The van der Waals surface area contributed by atoms with Gasteiger partial charge < -0.3 is 16.3 Å². The minimum atomic E-state index is 0.000000000000000222. The van der Waals surface area contributed by atoms with Gasteiger partial charge in [-0.3, -0.25) is 0 Å². The first kappa shape index (κ1) is 15.7. The Balaban J connectivity index is -0.0000000542. The Morgan fingerprint density at radius 1 is 1.25 bits per heavy atom. The first-order valence-corrected chi connectivity index (χ1v) is 1.98. The first-order valence-electron chi connectivity index (χ1n) is 1.57.